The number of nitrogens with one attached hydrogen (secondary N) is 1. The van der Waals surface area contributed by atoms with Gasteiger partial charge in [-0.1, -0.05) is 6.07 Å². The summed E-state index contributed by atoms with van der Waals surface area (Å²) in [6, 6.07) is 12.6. The Morgan fingerprint density at radius 3 is 2.82 bits per heavy atom. The predicted molar refractivity (Wildman–Crippen MR) is 68.2 cm³/mol. The molecule has 3 nitrogen and oxygen atoms in total. The fourth-order valence-electron chi connectivity index (χ4n) is 1.42. The summed E-state index contributed by atoms with van der Waals surface area (Å²) in [6.07, 6.45) is 0. The van der Waals surface area contributed by atoms with Gasteiger partial charge in [-0.15, -0.1) is 11.3 Å². The number of nitrogens with zero attached hydrogens (tertiary/aromatic N) is 1. The average Bonchev–Trinajstić information content (AvgIpc) is 2.76. The van der Waals surface area contributed by atoms with Crippen LogP contribution in [0, 0.1) is 18.3 Å². The average molecular weight is 242 g/mol. The molecule has 0 saturated carbocycles. The van der Waals surface area contributed by atoms with E-state index < -0.39 is 0 Å². The molecule has 0 spiro atoms. The molecule has 0 aliphatic carbocycles. The Balaban J connectivity index is 2.16. The minimum atomic E-state index is -0.141. The molecule has 2 aromatic rings. The lowest BCUT2D eigenvalue weighted by molar-refractivity contribution is 0.103. The standard InChI is InChI=1S/C13H10N2OS/c1-9-5-6-12(17-9)13(16)15-11-4-2-3-10(7-11)8-14/h2-7H,1H3,(H,15,16). The van der Waals surface area contributed by atoms with Crippen LogP contribution in [-0.2, 0) is 0 Å². The van der Waals surface area contributed by atoms with Crippen LogP contribution in [0.2, 0.25) is 0 Å². The highest BCUT2D eigenvalue weighted by Gasteiger charge is 2.08. The maximum Gasteiger partial charge on any atom is 0.265 e. The van der Waals surface area contributed by atoms with E-state index >= 15 is 0 Å². The molecule has 0 bridgehead atoms. The largest absolute Gasteiger partial charge is 0.321 e. The molecule has 0 unspecified atom stereocenters. The second-order valence-corrected chi connectivity index (χ2v) is 4.84. The Hall–Kier alpha value is -2.12. The van der Waals surface area contributed by atoms with Crippen molar-refractivity contribution in [2.24, 2.45) is 0 Å². The van der Waals surface area contributed by atoms with Gasteiger partial charge in [0.25, 0.3) is 5.91 Å². The van der Waals surface area contributed by atoms with Crippen LogP contribution in [0.15, 0.2) is 36.4 Å². The number of thiophene rings is 1. The summed E-state index contributed by atoms with van der Waals surface area (Å²) in [6.45, 7) is 1.96. The molecular weight excluding hydrogens is 232 g/mol. The third kappa shape index (κ3) is 2.71. The van der Waals surface area contributed by atoms with Crippen LogP contribution in [0.25, 0.3) is 0 Å². The number of hydrogen-bond donors (Lipinski definition) is 1. The number of anilines is 1. The summed E-state index contributed by atoms with van der Waals surface area (Å²) in [7, 11) is 0. The van der Waals surface area contributed by atoms with Crippen LogP contribution in [0.3, 0.4) is 0 Å². The topological polar surface area (TPSA) is 52.9 Å². The summed E-state index contributed by atoms with van der Waals surface area (Å²) >= 11 is 1.45. The Morgan fingerprint density at radius 1 is 1.35 bits per heavy atom. The van der Waals surface area contributed by atoms with Crippen LogP contribution >= 0.6 is 11.3 Å². The van der Waals surface area contributed by atoms with Gasteiger partial charge in [-0.25, -0.2) is 0 Å². The van der Waals surface area contributed by atoms with Crippen molar-refractivity contribution in [1.82, 2.24) is 0 Å². The third-order valence-electron chi connectivity index (χ3n) is 2.21. The van der Waals surface area contributed by atoms with Crippen LogP contribution in [0.4, 0.5) is 5.69 Å². The summed E-state index contributed by atoms with van der Waals surface area (Å²) in [4.78, 5) is 13.6. The van der Waals surface area contributed by atoms with Crippen molar-refractivity contribution in [3.8, 4) is 6.07 Å². The summed E-state index contributed by atoms with van der Waals surface area (Å²) in [5.41, 5.74) is 1.17. The second kappa shape index (κ2) is 4.81. The van der Waals surface area contributed by atoms with E-state index in [9.17, 15) is 4.79 Å². The molecule has 1 heterocycles. The number of carbonyl (C=O) groups is 1. The number of aryl methyl sites for hydroxylation is 1. The van der Waals surface area contributed by atoms with Gasteiger partial charge in [0.1, 0.15) is 0 Å². The lowest BCUT2D eigenvalue weighted by Gasteiger charge is -2.03. The Bertz CT molecular complexity index is 595. The van der Waals surface area contributed by atoms with Crippen molar-refractivity contribution >= 4 is 22.9 Å². The fraction of sp³-hybridized carbons (Fsp3) is 0.0769. The normalized spacial score (nSPS) is 9.65. The van der Waals surface area contributed by atoms with E-state index in [1.165, 1.54) is 11.3 Å². The molecule has 0 fully saturated rings. The van der Waals surface area contributed by atoms with E-state index in [-0.39, 0.29) is 5.91 Å². The van der Waals surface area contributed by atoms with Gasteiger partial charge in [0.15, 0.2) is 0 Å². The molecule has 17 heavy (non-hydrogen) atoms. The van der Waals surface area contributed by atoms with Crippen molar-refractivity contribution in [1.29, 1.82) is 5.26 Å². The Morgan fingerprint density at radius 2 is 2.18 bits per heavy atom. The first-order valence-corrected chi connectivity index (χ1v) is 5.88. The molecule has 0 atom stereocenters. The highest BCUT2D eigenvalue weighted by atomic mass is 32.1. The number of rotatable bonds is 2. The number of benzene rings is 1. The van der Waals surface area contributed by atoms with Crippen molar-refractivity contribution in [3.05, 3.63) is 51.7 Å². The lowest BCUT2D eigenvalue weighted by atomic mass is 10.2. The number of hydrogen-bond acceptors (Lipinski definition) is 3. The van der Waals surface area contributed by atoms with Gasteiger partial charge in [-0.3, -0.25) is 4.79 Å². The monoisotopic (exact) mass is 242 g/mol. The lowest BCUT2D eigenvalue weighted by Crippen LogP contribution is -2.09. The van der Waals surface area contributed by atoms with Crippen LogP contribution in [0.1, 0.15) is 20.1 Å². The van der Waals surface area contributed by atoms with Crippen molar-refractivity contribution < 1.29 is 4.79 Å². The first kappa shape index (κ1) is 11.4. The molecule has 0 aliphatic heterocycles. The van der Waals surface area contributed by atoms with Crippen molar-refractivity contribution in [2.45, 2.75) is 6.92 Å². The quantitative estimate of drug-likeness (QED) is 0.879. The van der Waals surface area contributed by atoms with Gasteiger partial charge in [-0.2, -0.15) is 5.26 Å². The minimum Gasteiger partial charge on any atom is -0.321 e. The highest BCUT2D eigenvalue weighted by molar-refractivity contribution is 7.14. The summed E-state index contributed by atoms with van der Waals surface area (Å²) in [5.74, 6) is -0.141. The van der Waals surface area contributed by atoms with E-state index in [2.05, 4.69) is 5.32 Å². The first-order chi connectivity index (χ1) is 8.19. The molecule has 0 aliphatic rings. The molecule has 1 amide bonds. The zero-order valence-corrected chi connectivity index (χ0v) is 10.0. The van der Waals surface area contributed by atoms with Crippen molar-refractivity contribution in [2.75, 3.05) is 5.32 Å². The molecule has 1 aromatic heterocycles. The highest BCUT2D eigenvalue weighted by Crippen LogP contribution is 2.17. The molecule has 2 rings (SSSR count). The van der Waals surface area contributed by atoms with E-state index in [4.69, 9.17) is 5.26 Å². The first-order valence-electron chi connectivity index (χ1n) is 5.07. The zero-order valence-electron chi connectivity index (χ0n) is 9.23. The van der Waals surface area contributed by atoms with Gasteiger partial charge in [0, 0.05) is 10.6 Å². The van der Waals surface area contributed by atoms with Gasteiger partial charge in [0.2, 0.25) is 0 Å². The van der Waals surface area contributed by atoms with E-state index in [1.54, 1.807) is 30.3 Å². The molecule has 1 aromatic carbocycles. The van der Waals surface area contributed by atoms with Gasteiger partial charge in [0.05, 0.1) is 16.5 Å². The van der Waals surface area contributed by atoms with E-state index in [1.807, 2.05) is 19.1 Å². The smallest absolute Gasteiger partial charge is 0.265 e. The predicted octanol–water partition coefficient (Wildman–Crippen LogP) is 3.18. The molecule has 0 radical (unpaired) electrons. The Labute approximate surface area is 103 Å². The summed E-state index contributed by atoms with van der Waals surface area (Å²) < 4.78 is 0. The SMILES string of the molecule is Cc1ccc(C(=O)Nc2cccc(C#N)c2)s1. The second-order valence-electron chi connectivity index (χ2n) is 3.56. The Kier molecular flexibility index (Phi) is 3.22. The molecule has 4 heteroatoms. The van der Waals surface area contributed by atoms with E-state index in [0.717, 1.165) is 4.88 Å². The van der Waals surface area contributed by atoms with Crippen LogP contribution in [0.5, 0.6) is 0 Å². The van der Waals surface area contributed by atoms with Crippen molar-refractivity contribution in [3.63, 3.8) is 0 Å². The van der Waals surface area contributed by atoms with Gasteiger partial charge in [-0.05, 0) is 37.3 Å². The maximum absolute atomic E-state index is 11.8. The van der Waals surface area contributed by atoms with Gasteiger partial charge < -0.3 is 5.32 Å². The van der Waals surface area contributed by atoms with Gasteiger partial charge >= 0.3 is 0 Å². The zero-order chi connectivity index (χ0) is 12.3. The molecule has 1 N–H and O–H groups in total. The third-order valence-corrected chi connectivity index (χ3v) is 3.21. The molecular formula is C13H10N2OS. The number of amides is 1. The minimum absolute atomic E-state index is 0.141. The molecule has 84 valence electrons. The summed E-state index contributed by atoms with van der Waals surface area (Å²) in [5, 5.41) is 11.5. The number of nitriles is 1. The van der Waals surface area contributed by atoms with Crippen LogP contribution < -0.4 is 5.32 Å². The van der Waals surface area contributed by atoms with E-state index in [0.29, 0.717) is 16.1 Å². The van der Waals surface area contributed by atoms with Crippen LogP contribution in [-0.4, -0.2) is 5.91 Å². The molecule has 0 saturated heterocycles. The number of carbonyl (C=O) groups excluding carboxylic acids is 1. The maximum atomic E-state index is 11.8. The fourth-order valence-corrected chi connectivity index (χ4v) is 2.18.